The molecule has 0 atom stereocenters. The molecule has 0 aliphatic carbocycles. The largest absolute Gasteiger partial charge is 0.490 e. The van der Waals surface area contributed by atoms with Crippen molar-refractivity contribution in [3.63, 3.8) is 0 Å². The third-order valence-electron chi connectivity index (χ3n) is 3.43. The van der Waals surface area contributed by atoms with Crippen LogP contribution in [0.1, 0.15) is 12.6 Å². The number of hydrogen-bond donors (Lipinski definition) is 1. The van der Waals surface area contributed by atoms with Crippen LogP contribution in [0.25, 0.3) is 10.9 Å². The highest BCUT2D eigenvalue weighted by Gasteiger charge is 2.11. The smallest absolute Gasteiger partial charge is 0.227 e. The van der Waals surface area contributed by atoms with Crippen molar-refractivity contribution in [2.24, 2.45) is 0 Å². The molecule has 136 valence electrons. The zero-order chi connectivity index (χ0) is 18.7. The van der Waals surface area contributed by atoms with Crippen LogP contribution in [0.4, 0.5) is 11.6 Å². The van der Waals surface area contributed by atoms with Gasteiger partial charge in [0.2, 0.25) is 5.95 Å². The minimum absolute atomic E-state index is 0.122. The summed E-state index contributed by atoms with van der Waals surface area (Å²) in [6.07, 6.45) is 4.43. The van der Waals surface area contributed by atoms with Crippen LogP contribution in [-0.2, 0) is 15.6 Å². The highest BCUT2D eigenvalue weighted by atomic mass is 79.9. The Morgan fingerprint density at radius 3 is 2.77 bits per heavy atom. The monoisotopic (exact) mass is 436 g/mol. The third kappa shape index (κ3) is 4.47. The van der Waals surface area contributed by atoms with Crippen LogP contribution in [0, 0.1) is 0 Å². The molecule has 0 spiro atoms. The highest BCUT2D eigenvalue weighted by Crippen LogP contribution is 2.33. The van der Waals surface area contributed by atoms with Crippen LogP contribution in [0.3, 0.4) is 0 Å². The first-order chi connectivity index (χ1) is 12.4. The lowest BCUT2D eigenvalue weighted by molar-refractivity contribution is 0.341. The maximum Gasteiger partial charge on any atom is 0.227 e. The molecule has 0 unspecified atom stereocenters. The Kier molecular flexibility index (Phi) is 5.38. The Balaban J connectivity index is 1.94. The molecule has 0 saturated carbocycles. The molecule has 1 aromatic carbocycles. The van der Waals surface area contributed by atoms with Gasteiger partial charge in [-0.3, -0.25) is 4.98 Å². The number of fused-ring (bicyclic) bond motifs is 1. The molecular formula is C17H17BrN4O3S. The van der Waals surface area contributed by atoms with E-state index < -0.39 is 9.84 Å². The second-order valence-corrected chi connectivity index (χ2v) is 8.67. The Bertz CT molecular complexity index is 1060. The number of rotatable bonds is 6. The van der Waals surface area contributed by atoms with Crippen LogP contribution >= 0.6 is 15.9 Å². The zero-order valence-corrected chi connectivity index (χ0v) is 16.6. The van der Waals surface area contributed by atoms with Gasteiger partial charge in [0.1, 0.15) is 5.52 Å². The van der Waals surface area contributed by atoms with E-state index in [0.29, 0.717) is 35.2 Å². The fourth-order valence-corrected chi connectivity index (χ4v) is 3.55. The van der Waals surface area contributed by atoms with Gasteiger partial charge in [0.15, 0.2) is 15.6 Å². The molecule has 0 aliphatic rings. The molecule has 0 aliphatic heterocycles. The average molecular weight is 437 g/mol. The lowest BCUT2D eigenvalue weighted by atomic mass is 10.2. The first-order valence-electron chi connectivity index (χ1n) is 7.83. The van der Waals surface area contributed by atoms with Crippen LogP contribution in [0.2, 0.25) is 0 Å². The SMILES string of the molecule is CCOc1c(Br)ccc2cnc(Nc3ccnc(CS(C)(=O)=O)c3)nc12. The van der Waals surface area contributed by atoms with Gasteiger partial charge in [0.05, 0.1) is 22.5 Å². The van der Waals surface area contributed by atoms with E-state index in [4.69, 9.17) is 4.74 Å². The summed E-state index contributed by atoms with van der Waals surface area (Å²) in [5.41, 5.74) is 1.80. The lowest BCUT2D eigenvalue weighted by Crippen LogP contribution is -2.04. The number of nitrogens with zero attached hydrogens (tertiary/aromatic N) is 3. The quantitative estimate of drug-likeness (QED) is 0.631. The predicted octanol–water partition coefficient (Wildman–Crippen LogP) is 3.47. The second kappa shape index (κ2) is 7.55. The third-order valence-corrected chi connectivity index (χ3v) is 4.87. The molecule has 0 fully saturated rings. The lowest BCUT2D eigenvalue weighted by Gasteiger charge is -2.11. The fourth-order valence-electron chi connectivity index (χ4n) is 2.42. The Labute approximate surface area is 159 Å². The molecule has 0 radical (unpaired) electrons. The van der Waals surface area contributed by atoms with Gasteiger partial charge in [-0.2, -0.15) is 0 Å². The van der Waals surface area contributed by atoms with Crippen LogP contribution in [0.5, 0.6) is 5.75 Å². The van der Waals surface area contributed by atoms with E-state index in [-0.39, 0.29) is 5.75 Å². The normalized spacial score (nSPS) is 11.5. The molecule has 2 aromatic heterocycles. The number of nitrogens with one attached hydrogen (secondary N) is 1. The van der Waals surface area contributed by atoms with Crippen molar-refractivity contribution in [2.75, 3.05) is 18.2 Å². The van der Waals surface area contributed by atoms with Crippen molar-refractivity contribution in [1.29, 1.82) is 0 Å². The molecule has 2 heterocycles. The minimum atomic E-state index is -3.16. The number of hydrogen-bond acceptors (Lipinski definition) is 7. The van der Waals surface area contributed by atoms with E-state index in [2.05, 4.69) is 36.2 Å². The van der Waals surface area contributed by atoms with E-state index in [1.807, 2.05) is 19.1 Å². The molecule has 0 bridgehead atoms. The number of anilines is 2. The minimum Gasteiger partial charge on any atom is -0.490 e. The summed E-state index contributed by atoms with van der Waals surface area (Å²) in [6.45, 7) is 2.43. The van der Waals surface area contributed by atoms with Crippen molar-refractivity contribution in [3.05, 3.63) is 46.8 Å². The van der Waals surface area contributed by atoms with E-state index in [9.17, 15) is 8.42 Å². The summed E-state index contributed by atoms with van der Waals surface area (Å²) in [7, 11) is -3.16. The highest BCUT2D eigenvalue weighted by molar-refractivity contribution is 9.10. The van der Waals surface area contributed by atoms with Gasteiger partial charge in [-0.25, -0.2) is 18.4 Å². The van der Waals surface area contributed by atoms with Crippen molar-refractivity contribution in [1.82, 2.24) is 15.0 Å². The maximum atomic E-state index is 11.4. The fraction of sp³-hybridized carbons (Fsp3) is 0.235. The number of halogens is 1. The number of ether oxygens (including phenoxy) is 1. The first-order valence-corrected chi connectivity index (χ1v) is 10.7. The summed E-state index contributed by atoms with van der Waals surface area (Å²) < 4.78 is 29.4. The number of benzene rings is 1. The predicted molar refractivity (Wildman–Crippen MR) is 104 cm³/mol. The zero-order valence-electron chi connectivity index (χ0n) is 14.2. The van der Waals surface area contributed by atoms with Gasteiger partial charge in [0.25, 0.3) is 0 Å². The summed E-state index contributed by atoms with van der Waals surface area (Å²) in [5.74, 6) is 0.915. The van der Waals surface area contributed by atoms with E-state index >= 15 is 0 Å². The van der Waals surface area contributed by atoms with Crippen molar-refractivity contribution >= 4 is 48.3 Å². The Hall–Kier alpha value is -2.26. The standard InChI is InChI=1S/C17H17BrN4O3S/c1-3-25-16-14(18)5-4-11-9-20-17(22-15(11)16)21-12-6-7-19-13(8-12)10-26(2,23)24/h4-9H,3,10H2,1-2H3,(H,19,20,21,22). The van der Waals surface area contributed by atoms with Crippen molar-refractivity contribution < 1.29 is 13.2 Å². The molecule has 1 N–H and O–H groups in total. The van der Waals surface area contributed by atoms with Gasteiger partial charge < -0.3 is 10.1 Å². The molecule has 9 heteroatoms. The molecule has 3 rings (SSSR count). The molecule has 26 heavy (non-hydrogen) atoms. The summed E-state index contributed by atoms with van der Waals surface area (Å²) in [5, 5.41) is 3.94. The first kappa shape index (κ1) is 18.5. The summed E-state index contributed by atoms with van der Waals surface area (Å²) in [6, 6.07) is 7.19. The molecule has 0 saturated heterocycles. The molecule has 3 aromatic rings. The number of pyridine rings is 1. The molecule has 7 nitrogen and oxygen atoms in total. The molecular weight excluding hydrogens is 420 g/mol. The molecule has 0 amide bonds. The van der Waals surface area contributed by atoms with Gasteiger partial charge in [-0.15, -0.1) is 0 Å². The van der Waals surface area contributed by atoms with E-state index in [1.54, 1.807) is 24.5 Å². The van der Waals surface area contributed by atoms with Gasteiger partial charge in [0, 0.05) is 29.7 Å². The number of aromatic nitrogens is 3. The Morgan fingerprint density at radius 2 is 2.04 bits per heavy atom. The van der Waals surface area contributed by atoms with Gasteiger partial charge in [-0.1, -0.05) is 0 Å². The van der Waals surface area contributed by atoms with Crippen LogP contribution < -0.4 is 10.1 Å². The van der Waals surface area contributed by atoms with Crippen LogP contribution in [-0.4, -0.2) is 36.2 Å². The van der Waals surface area contributed by atoms with E-state index in [1.165, 1.54) is 6.26 Å². The van der Waals surface area contributed by atoms with Gasteiger partial charge in [-0.05, 0) is 47.1 Å². The topological polar surface area (TPSA) is 94.1 Å². The van der Waals surface area contributed by atoms with Crippen LogP contribution in [0.15, 0.2) is 41.1 Å². The summed E-state index contributed by atoms with van der Waals surface area (Å²) >= 11 is 3.48. The average Bonchev–Trinajstić information content (AvgIpc) is 2.56. The number of sulfone groups is 1. The van der Waals surface area contributed by atoms with Gasteiger partial charge >= 0.3 is 0 Å². The second-order valence-electron chi connectivity index (χ2n) is 5.67. The summed E-state index contributed by atoms with van der Waals surface area (Å²) in [4.78, 5) is 12.9. The Morgan fingerprint density at radius 1 is 1.23 bits per heavy atom. The van der Waals surface area contributed by atoms with E-state index in [0.717, 1.165) is 9.86 Å². The van der Waals surface area contributed by atoms with Crippen molar-refractivity contribution in [2.45, 2.75) is 12.7 Å². The maximum absolute atomic E-state index is 11.4. The van der Waals surface area contributed by atoms with Crippen molar-refractivity contribution in [3.8, 4) is 5.75 Å².